The molecule has 2 aromatic rings. The van der Waals surface area contributed by atoms with Crippen LogP contribution >= 0.6 is 11.6 Å². The maximum atomic E-state index is 12.7. The van der Waals surface area contributed by atoms with Gasteiger partial charge in [-0.15, -0.1) is 0 Å². The molecule has 2 amide bonds. The van der Waals surface area contributed by atoms with E-state index in [1.807, 2.05) is 53.4 Å². The maximum Gasteiger partial charge on any atom is 0.322 e. The minimum absolute atomic E-state index is 0.0286. The lowest BCUT2D eigenvalue weighted by Gasteiger charge is -2.26. The van der Waals surface area contributed by atoms with Crippen LogP contribution in [-0.4, -0.2) is 24.6 Å². The molecule has 2 aromatic carbocycles. The molecule has 5 heteroatoms. The summed E-state index contributed by atoms with van der Waals surface area (Å²) in [5.41, 5.74) is 2.82. The topological polar surface area (TPSA) is 41.6 Å². The first-order valence-electron chi connectivity index (χ1n) is 8.09. The van der Waals surface area contributed by atoms with Gasteiger partial charge in [0, 0.05) is 24.4 Å². The maximum absolute atomic E-state index is 12.7. The molecule has 24 heavy (non-hydrogen) atoms. The number of carbonyl (C=O) groups excluding carboxylic acids is 1. The predicted molar refractivity (Wildman–Crippen MR) is 96.3 cm³/mol. The number of likely N-dealkylation sites (tertiary alicyclic amines) is 1. The molecule has 1 N–H and O–H groups in total. The van der Waals surface area contributed by atoms with E-state index in [1.165, 1.54) is 0 Å². The van der Waals surface area contributed by atoms with Crippen LogP contribution in [0.25, 0.3) is 0 Å². The number of ether oxygens (including phenoxy) is 1. The second-order valence-electron chi connectivity index (χ2n) is 5.94. The van der Waals surface area contributed by atoms with E-state index in [0.29, 0.717) is 11.6 Å². The molecule has 1 saturated heterocycles. The fourth-order valence-corrected chi connectivity index (χ4v) is 3.44. The lowest BCUT2D eigenvalue weighted by Crippen LogP contribution is -2.34. The lowest BCUT2D eigenvalue weighted by atomic mass is 10.0. The smallest absolute Gasteiger partial charge is 0.322 e. The second-order valence-corrected chi connectivity index (χ2v) is 6.34. The summed E-state index contributed by atoms with van der Waals surface area (Å²) >= 11 is 6.32. The van der Waals surface area contributed by atoms with Crippen molar-refractivity contribution in [3.63, 3.8) is 0 Å². The van der Waals surface area contributed by atoms with Gasteiger partial charge in [-0.3, -0.25) is 0 Å². The molecule has 0 aliphatic carbocycles. The number of hydrogen-bond acceptors (Lipinski definition) is 2. The Bertz CT molecular complexity index is 720. The highest BCUT2D eigenvalue weighted by molar-refractivity contribution is 6.31. The first kappa shape index (κ1) is 16.8. The van der Waals surface area contributed by atoms with Crippen LogP contribution in [0.4, 0.5) is 10.5 Å². The number of rotatable bonds is 4. The van der Waals surface area contributed by atoms with Crippen LogP contribution in [0.2, 0.25) is 5.02 Å². The summed E-state index contributed by atoms with van der Waals surface area (Å²) in [7, 11) is 1.66. The molecule has 0 bridgehead atoms. The molecular formula is C19H21ClN2O2. The van der Waals surface area contributed by atoms with Gasteiger partial charge in [-0.25, -0.2) is 4.79 Å². The average molecular weight is 345 g/mol. The molecule has 0 aromatic heterocycles. The van der Waals surface area contributed by atoms with Crippen LogP contribution in [-0.2, 0) is 11.3 Å². The number of hydrogen-bond donors (Lipinski definition) is 1. The van der Waals surface area contributed by atoms with E-state index in [1.54, 1.807) is 7.11 Å². The highest BCUT2D eigenvalue weighted by Crippen LogP contribution is 2.36. The van der Waals surface area contributed by atoms with Crippen molar-refractivity contribution >= 4 is 23.3 Å². The molecule has 1 aliphatic rings. The molecule has 4 nitrogen and oxygen atoms in total. The van der Waals surface area contributed by atoms with Crippen molar-refractivity contribution in [3.05, 3.63) is 64.7 Å². The van der Waals surface area contributed by atoms with Gasteiger partial charge in [-0.1, -0.05) is 41.9 Å². The zero-order chi connectivity index (χ0) is 16.9. The summed E-state index contributed by atoms with van der Waals surface area (Å²) in [5.74, 6) is 0. The van der Waals surface area contributed by atoms with Gasteiger partial charge in [0.1, 0.15) is 0 Å². The van der Waals surface area contributed by atoms with Crippen LogP contribution in [0.5, 0.6) is 0 Å². The monoisotopic (exact) mass is 344 g/mol. The molecule has 3 rings (SSSR count). The predicted octanol–water partition coefficient (Wildman–Crippen LogP) is 4.86. The van der Waals surface area contributed by atoms with Crippen LogP contribution in [0, 0.1) is 0 Å². The van der Waals surface area contributed by atoms with Gasteiger partial charge in [-0.2, -0.15) is 0 Å². The molecule has 1 unspecified atom stereocenters. The molecule has 126 valence electrons. The first-order chi connectivity index (χ1) is 11.7. The summed E-state index contributed by atoms with van der Waals surface area (Å²) in [5, 5.41) is 3.70. The Labute approximate surface area is 147 Å². The zero-order valence-corrected chi connectivity index (χ0v) is 14.4. The Morgan fingerprint density at radius 1 is 1.29 bits per heavy atom. The number of carbonyl (C=O) groups is 1. The Kier molecular flexibility index (Phi) is 5.38. The third kappa shape index (κ3) is 3.71. The Balaban J connectivity index is 1.74. The number of urea groups is 1. The number of benzene rings is 2. The molecular weight excluding hydrogens is 324 g/mol. The van der Waals surface area contributed by atoms with E-state index < -0.39 is 0 Å². The van der Waals surface area contributed by atoms with E-state index in [9.17, 15) is 4.79 Å². The minimum atomic E-state index is -0.0908. The van der Waals surface area contributed by atoms with E-state index in [0.717, 1.165) is 36.2 Å². The summed E-state index contributed by atoms with van der Waals surface area (Å²) < 4.78 is 5.14. The third-order valence-electron chi connectivity index (χ3n) is 4.27. The van der Waals surface area contributed by atoms with Gasteiger partial charge in [0.2, 0.25) is 0 Å². The SMILES string of the molecule is COCc1cccc(NC(=O)N2CCCC2c2ccccc2Cl)c1. The number of anilines is 1. The average Bonchev–Trinajstić information content (AvgIpc) is 3.05. The van der Waals surface area contributed by atoms with Gasteiger partial charge >= 0.3 is 6.03 Å². The van der Waals surface area contributed by atoms with Crippen molar-refractivity contribution in [2.24, 2.45) is 0 Å². The van der Waals surface area contributed by atoms with Crippen molar-refractivity contribution in [1.29, 1.82) is 0 Å². The largest absolute Gasteiger partial charge is 0.380 e. The Hall–Kier alpha value is -2.04. The standard InChI is InChI=1S/C19H21ClN2O2/c1-24-13-14-6-4-7-15(12-14)21-19(23)22-11-5-10-18(22)16-8-2-3-9-17(16)20/h2-4,6-9,12,18H,5,10-11,13H2,1H3,(H,21,23). The number of halogens is 1. The van der Waals surface area contributed by atoms with Gasteiger partial charge < -0.3 is 15.0 Å². The minimum Gasteiger partial charge on any atom is -0.380 e. The van der Waals surface area contributed by atoms with E-state index >= 15 is 0 Å². The van der Waals surface area contributed by atoms with E-state index in [-0.39, 0.29) is 12.1 Å². The summed E-state index contributed by atoms with van der Waals surface area (Å²) in [6.07, 6.45) is 1.91. The third-order valence-corrected chi connectivity index (χ3v) is 4.61. The highest BCUT2D eigenvalue weighted by atomic mass is 35.5. The number of amides is 2. The normalized spacial score (nSPS) is 17.1. The van der Waals surface area contributed by atoms with Gasteiger partial charge in [0.15, 0.2) is 0 Å². The highest BCUT2D eigenvalue weighted by Gasteiger charge is 2.31. The van der Waals surface area contributed by atoms with Crippen LogP contribution in [0.1, 0.15) is 30.0 Å². The molecule has 1 atom stereocenters. The van der Waals surface area contributed by atoms with Gasteiger partial charge in [0.05, 0.1) is 12.6 Å². The van der Waals surface area contributed by atoms with E-state index in [2.05, 4.69) is 5.32 Å². The molecule has 0 saturated carbocycles. The van der Waals surface area contributed by atoms with Crippen molar-refractivity contribution < 1.29 is 9.53 Å². The van der Waals surface area contributed by atoms with Crippen molar-refractivity contribution in [2.75, 3.05) is 19.0 Å². The number of methoxy groups -OCH3 is 1. The summed E-state index contributed by atoms with van der Waals surface area (Å²) in [6, 6.07) is 15.4. The molecule has 0 spiro atoms. The van der Waals surface area contributed by atoms with E-state index in [4.69, 9.17) is 16.3 Å². The van der Waals surface area contributed by atoms with Crippen molar-refractivity contribution in [3.8, 4) is 0 Å². The van der Waals surface area contributed by atoms with Crippen molar-refractivity contribution in [2.45, 2.75) is 25.5 Å². The number of nitrogens with zero attached hydrogens (tertiary/aromatic N) is 1. The molecule has 0 radical (unpaired) electrons. The van der Waals surface area contributed by atoms with Gasteiger partial charge in [-0.05, 0) is 42.2 Å². The molecule has 1 heterocycles. The Morgan fingerprint density at radius 2 is 2.12 bits per heavy atom. The summed E-state index contributed by atoms with van der Waals surface area (Å²) in [4.78, 5) is 14.6. The fraction of sp³-hybridized carbons (Fsp3) is 0.316. The molecule has 1 fully saturated rings. The Morgan fingerprint density at radius 3 is 2.92 bits per heavy atom. The lowest BCUT2D eigenvalue weighted by molar-refractivity contribution is 0.185. The van der Waals surface area contributed by atoms with Crippen LogP contribution in [0.15, 0.2) is 48.5 Å². The van der Waals surface area contributed by atoms with Gasteiger partial charge in [0.25, 0.3) is 0 Å². The quantitative estimate of drug-likeness (QED) is 0.860. The van der Waals surface area contributed by atoms with Crippen molar-refractivity contribution in [1.82, 2.24) is 4.90 Å². The van der Waals surface area contributed by atoms with Crippen LogP contribution in [0.3, 0.4) is 0 Å². The second kappa shape index (κ2) is 7.69. The fourth-order valence-electron chi connectivity index (χ4n) is 3.18. The number of nitrogens with one attached hydrogen (secondary N) is 1. The zero-order valence-electron chi connectivity index (χ0n) is 13.7. The first-order valence-corrected chi connectivity index (χ1v) is 8.47. The summed E-state index contributed by atoms with van der Waals surface area (Å²) in [6.45, 7) is 1.26. The van der Waals surface area contributed by atoms with Crippen LogP contribution < -0.4 is 5.32 Å². The molecule has 1 aliphatic heterocycles.